The fraction of sp³-hybridized carbons (Fsp3) is 0.500. The molecule has 0 aromatic carbocycles. The maximum atomic E-state index is 10.8. The number of hydrogen-bond donors (Lipinski definition) is 1. The molecule has 5 nitrogen and oxygen atoms in total. The summed E-state index contributed by atoms with van der Waals surface area (Å²) in [6.45, 7) is 0. The van der Waals surface area contributed by atoms with Crippen molar-refractivity contribution in [2.75, 3.05) is 0 Å². The van der Waals surface area contributed by atoms with Crippen molar-refractivity contribution < 1.29 is 14.6 Å². The van der Waals surface area contributed by atoms with Gasteiger partial charge in [0.15, 0.2) is 0 Å². The van der Waals surface area contributed by atoms with Crippen LogP contribution in [0.2, 0.25) is 0 Å². The highest BCUT2D eigenvalue weighted by Crippen LogP contribution is 2.24. The van der Waals surface area contributed by atoms with Crippen molar-refractivity contribution in [1.82, 2.24) is 10.2 Å². The molecule has 0 saturated heterocycles. The number of hydrogen-bond acceptors (Lipinski definition) is 4. The van der Waals surface area contributed by atoms with E-state index in [0.717, 1.165) is 25.7 Å². The minimum Gasteiger partial charge on any atom is -0.477 e. The zero-order chi connectivity index (χ0) is 10.7. The van der Waals surface area contributed by atoms with E-state index in [4.69, 9.17) is 9.84 Å². The number of carboxylic acids is 1. The molecule has 0 spiro atoms. The average molecular weight is 208 g/mol. The van der Waals surface area contributed by atoms with Gasteiger partial charge in [-0.1, -0.05) is 0 Å². The van der Waals surface area contributed by atoms with Crippen molar-refractivity contribution in [1.29, 1.82) is 0 Å². The first-order valence-corrected chi connectivity index (χ1v) is 4.99. The van der Waals surface area contributed by atoms with Gasteiger partial charge in [-0.05, 0) is 31.7 Å². The van der Waals surface area contributed by atoms with Crippen molar-refractivity contribution in [3.05, 3.63) is 17.8 Å². The van der Waals surface area contributed by atoms with E-state index in [1.54, 1.807) is 0 Å². The SMILES string of the molecule is O=C(O)c1ccnnc1OC1CCCC1. The summed E-state index contributed by atoms with van der Waals surface area (Å²) >= 11 is 0. The van der Waals surface area contributed by atoms with E-state index in [-0.39, 0.29) is 17.5 Å². The Hall–Kier alpha value is -1.65. The fourth-order valence-corrected chi connectivity index (χ4v) is 1.73. The van der Waals surface area contributed by atoms with E-state index in [1.165, 1.54) is 12.3 Å². The van der Waals surface area contributed by atoms with Crippen LogP contribution in [0, 0.1) is 0 Å². The summed E-state index contributed by atoms with van der Waals surface area (Å²) in [4.78, 5) is 10.8. The molecule has 0 amide bonds. The second-order valence-electron chi connectivity index (χ2n) is 3.58. The maximum Gasteiger partial charge on any atom is 0.341 e. The van der Waals surface area contributed by atoms with Crippen LogP contribution in [0.4, 0.5) is 0 Å². The summed E-state index contributed by atoms with van der Waals surface area (Å²) in [5.41, 5.74) is 0.0805. The third-order valence-electron chi connectivity index (χ3n) is 2.50. The maximum absolute atomic E-state index is 10.8. The first kappa shape index (κ1) is 9.89. The average Bonchev–Trinajstić information content (AvgIpc) is 2.71. The van der Waals surface area contributed by atoms with Crippen LogP contribution in [-0.2, 0) is 0 Å². The molecule has 1 aromatic rings. The predicted molar refractivity (Wildman–Crippen MR) is 51.9 cm³/mol. The van der Waals surface area contributed by atoms with E-state index in [1.807, 2.05) is 0 Å². The molecule has 0 aliphatic heterocycles. The molecule has 0 unspecified atom stereocenters. The van der Waals surface area contributed by atoms with Crippen molar-refractivity contribution in [3.63, 3.8) is 0 Å². The number of carboxylic acid groups (broad SMARTS) is 1. The topological polar surface area (TPSA) is 72.3 Å². The van der Waals surface area contributed by atoms with Crippen molar-refractivity contribution in [3.8, 4) is 5.88 Å². The first-order chi connectivity index (χ1) is 7.27. The van der Waals surface area contributed by atoms with Gasteiger partial charge in [0.2, 0.25) is 5.88 Å². The molecular formula is C10H12N2O3. The molecule has 1 N–H and O–H groups in total. The monoisotopic (exact) mass is 208 g/mol. The van der Waals surface area contributed by atoms with Crippen LogP contribution in [0.25, 0.3) is 0 Å². The highest BCUT2D eigenvalue weighted by atomic mass is 16.5. The van der Waals surface area contributed by atoms with E-state index < -0.39 is 5.97 Å². The van der Waals surface area contributed by atoms with Gasteiger partial charge in [0.25, 0.3) is 0 Å². The van der Waals surface area contributed by atoms with Gasteiger partial charge >= 0.3 is 5.97 Å². The summed E-state index contributed by atoms with van der Waals surface area (Å²) in [5, 5.41) is 16.2. The normalized spacial score (nSPS) is 16.5. The van der Waals surface area contributed by atoms with Gasteiger partial charge in [-0.3, -0.25) is 0 Å². The predicted octanol–water partition coefficient (Wildman–Crippen LogP) is 1.50. The summed E-state index contributed by atoms with van der Waals surface area (Å²) in [7, 11) is 0. The summed E-state index contributed by atoms with van der Waals surface area (Å²) in [6, 6.07) is 1.40. The Labute approximate surface area is 87.1 Å². The zero-order valence-electron chi connectivity index (χ0n) is 8.22. The van der Waals surface area contributed by atoms with Gasteiger partial charge in [-0.15, -0.1) is 5.10 Å². The second kappa shape index (κ2) is 4.25. The Bertz CT molecular complexity index is 361. The largest absolute Gasteiger partial charge is 0.477 e. The van der Waals surface area contributed by atoms with Crippen molar-refractivity contribution >= 4 is 5.97 Å². The highest BCUT2D eigenvalue weighted by Gasteiger charge is 2.20. The second-order valence-corrected chi connectivity index (χ2v) is 3.58. The Morgan fingerprint density at radius 3 is 2.87 bits per heavy atom. The third-order valence-corrected chi connectivity index (χ3v) is 2.50. The van der Waals surface area contributed by atoms with Crippen LogP contribution < -0.4 is 4.74 Å². The Kier molecular flexibility index (Phi) is 2.80. The van der Waals surface area contributed by atoms with Gasteiger partial charge in [-0.2, -0.15) is 5.10 Å². The zero-order valence-corrected chi connectivity index (χ0v) is 8.22. The number of rotatable bonds is 3. The van der Waals surface area contributed by atoms with Crippen LogP contribution in [0.5, 0.6) is 5.88 Å². The molecule has 1 fully saturated rings. The lowest BCUT2D eigenvalue weighted by Gasteiger charge is -2.12. The molecule has 0 bridgehead atoms. The smallest absolute Gasteiger partial charge is 0.341 e. The standard InChI is InChI=1S/C10H12N2O3/c13-10(14)8-5-6-11-12-9(8)15-7-3-1-2-4-7/h5-7H,1-4H2,(H,13,14). The molecule has 1 aliphatic carbocycles. The molecule has 1 aromatic heterocycles. The van der Waals surface area contributed by atoms with E-state index in [9.17, 15) is 4.79 Å². The Morgan fingerprint density at radius 2 is 2.20 bits per heavy atom. The lowest BCUT2D eigenvalue weighted by atomic mass is 10.3. The quantitative estimate of drug-likeness (QED) is 0.814. The van der Waals surface area contributed by atoms with Gasteiger partial charge in [0.05, 0.1) is 6.20 Å². The van der Waals surface area contributed by atoms with Crippen LogP contribution in [0.1, 0.15) is 36.0 Å². The molecule has 1 aliphatic rings. The molecule has 1 heterocycles. The van der Waals surface area contributed by atoms with Gasteiger partial charge in [0.1, 0.15) is 11.7 Å². The highest BCUT2D eigenvalue weighted by molar-refractivity contribution is 5.89. The third kappa shape index (κ3) is 2.23. The van der Waals surface area contributed by atoms with Crippen LogP contribution in [-0.4, -0.2) is 27.4 Å². The first-order valence-electron chi connectivity index (χ1n) is 4.99. The Morgan fingerprint density at radius 1 is 1.47 bits per heavy atom. The molecule has 0 radical (unpaired) electrons. The Balaban J connectivity index is 2.15. The molecule has 2 rings (SSSR count). The minimum atomic E-state index is -1.03. The van der Waals surface area contributed by atoms with Crippen LogP contribution in [0.3, 0.4) is 0 Å². The number of aromatic carboxylic acids is 1. The van der Waals surface area contributed by atoms with E-state index in [2.05, 4.69) is 10.2 Å². The summed E-state index contributed by atoms with van der Waals surface area (Å²) in [6.07, 6.45) is 5.65. The molecule has 80 valence electrons. The number of carbonyl (C=O) groups is 1. The molecule has 5 heteroatoms. The summed E-state index contributed by atoms with van der Waals surface area (Å²) < 4.78 is 5.51. The van der Waals surface area contributed by atoms with Gasteiger partial charge < -0.3 is 9.84 Å². The number of nitrogens with zero attached hydrogens (tertiary/aromatic N) is 2. The minimum absolute atomic E-state index is 0.0805. The van der Waals surface area contributed by atoms with Crippen molar-refractivity contribution in [2.45, 2.75) is 31.8 Å². The van der Waals surface area contributed by atoms with E-state index >= 15 is 0 Å². The number of aromatic nitrogens is 2. The van der Waals surface area contributed by atoms with E-state index in [0.29, 0.717) is 0 Å². The molecular weight excluding hydrogens is 196 g/mol. The van der Waals surface area contributed by atoms with Crippen LogP contribution in [0.15, 0.2) is 12.3 Å². The lowest BCUT2D eigenvalue weighted by Crippen LogP contribution is -2.15. The molecule has 1 saturated carbocycles. The van der Waals surface area contributed by atoms with Crippen molar-refractivity contribution in [2.24, 2.45) is 0 Å². The fourth-order valence-electron chi connectivity index (χ4n) is 1.73. The van der Waals surface area contributed by atoms with Crippen LogP contribution >= 0.6 is 0 Å². The van der Waals surface area contributed by atoms with Gasteiger partial charge in [0, 0.05) is 0 Å². The lowest BCUT2D eigenvalue weighted by molar-refractivity contribution is 0.0687. The summed E-state index contributed by atoms with van der Waals surface area (Å²) in [5.74, 6) is -0.894. The molecule has 0 atom stereocenters. The molecule has 15 heavy (non-hydrogen) atoms. The number of ether oxygens (including phenoxy) is 1. The van der Waals surface area contributed by atoms with Gasteiger partial charge in [-0.25, -0.2) is 4.79 Å².